The van der Waals surface area contributed by atoms with Crippen molar-refractivity contribution in [2.45, 2.75) is 78.7 Å². The molecule has 0 heterocycles. The summed E-state index contributed by atoms with van der Waals surface area (Å²) in [5.41, 5.74) is -0.00154. The Bertz CT molecular complexity index is 908. The van der Waals surface area contributed by atoms with E-state index in [-0.39, 0.29) is 18.9 Å². The van der Waals surface area contributed by atoms with E-state index in [0.29, 0.717) is 0 Å². The van der Waals surface area contributed by atoms with Crippen LogP contribution in [0.4, 0.5) is 4.79 Å². The molecule has 10 heteroatoms. The smallest absolute Gasteiger partial charge is 0.408 e. The predicted molar refractivity (Wildman–Crippen MR) is 132 cm³/mol. The second-order valence-electron chi connectivity index (χ2n) is 9.82. The number of amides is 2. The van der Waals surface area contributed by atoms with E-state index in [1.54, 1.807) is 34.6 Å². The highest BCUT2D eigenvalue weighted by atomic mass is 16.6. The summed E-state index contributed by atoms with van der Waals surface area (Å²) < 4.78 is 15.1. The summed E-state index contributed by atoms with van der Waals surface area (Å²) in [6, 6.07) is 6.94. The van der Waals surface area contributed by atoms with E-state index in [0.717, 1.165) is 5.56 Å². The first-order valence-corrected chi connectivity index (χ1v) is 11.8. The summed E-state index contributed by atoms with van der Waals surface area (Å²) in [4.78, 5) is 62.4. The average Bonchev–Trinajstić information content (AvgIpc) is 2.79. The third-order valence-electron chi connectivity index (χ3n) is 5.18. The molecule has 1 rings (SSSR count). The van der Waals surface area contributed by atoms with Crippen LogP contribution in [0.25, 0.3) is 0 Å². The van der Waals surface area contributed by atoms with Gasteiger partial charge in [-0.3, -0.25) is 14.4 Å². The highest BCUT2D eigenvalue weighted by Gasteiger charge is 2.33. The summed E-state index contributed by atoms with van der Waals surface area (Å²) in [6.07, 6.45) is -1.55. The van der Waals surface area contributed by atoms with Gasteiger partial charge in [0.1, 0.15) is 24.3 Å². The van der Waals surface area contributed by atoms with Crippen LogP contribution in [0.3, 0.4) is 0 Å². The first-order chi connectivity index (χ1) is 16.7. The van der Waals surface area contributed by atoms with Crippen molar-refractivity contribution < 1.29 is 38.2 Å². The van der Waals surface area contributed by atoms with Crippen LogP contribution >= 0.6 is 0 Å². The standard InChI is InChI=1S/C26H38N2O8/c1-16(2)19(23(31)27-17(3)24(32)35-15-18-11-9-8-10-12-18)13-21(29)20(14-22(30)34-7)28-25(33)36-26(4,5)6/h8-12,16-17,19-20H,13-15H2,1-7H3,(H,27,31)(H,28,33)/t17-,19-,20-/m0/s1. The number of ketones is 1. The maximum Gasteiger partial charge on any atom is 0.408 e. The molecule has 3 atom stereocenters. The van der Waals surface area contributed by atoms with Gasteiger partial charge in [-0.1, -0.05) is 44.2 Å². The molecule has 0 aliphatic carbocycles. The summed E-state index contributed by atoms with van der Waals surface area (Å²) in [5.74, 6) is -3.47. The SMILES string of the molecule is COC(=O)C[C@H](NC(=O)OC(C)(C)C)C(=O)C[C@H](C(=O)N[C@@H](C)C(=O)OCc1ccccc1)C(C)C. The fourth-order valence-electron chi connectivity index (χ4n) is 3.17. The van der Waals surface area contributed by atoms with Gasteiger partial charge in [-0.15, -0.1) is 0 Å². The molecule has 0 radical (unpaired) electrons. The second-order valence-corrected chi connectivity index (χ2v) is 9.82. The van der Waals surface area contributed by atoms with Gasteiger partial charge in [-0.05, 0) is 39.2 Å². The monoisotopic (exact) mass is 506 g/mol. The summed E-state index contributed by atoms with van der Waals surface area (Å²) in [6.45, 7) is 10.1. The van der Waals surface area contributed by atoms with Crippen molar-refractivity contribution in [1.82, 2.24) is 10.6 Å². The summed E-state index contributed by atoms with van der Waals surface area (Å²) in [7, 11) is 1.17. The molecule has 36 heavy (non-hydrogen) atoms. The van der Waals surface area contributed by atoms with Crippen LogP contribution in [0.5, 0.6) is 0 Å². The van der Waals surface area contributed by atoms with Crippen molar-refractivity contribution in [2.24, 2.45) is 11.8 Å². The number of carbonyl (C=O) groups is 5. The minimum Gasteiger partial charge on any atom is -0.469 e. The van der Waals surface area contributed by atoms with E-state index in [2.05, 4.69) is 15.4 Å². The molecule has 2 amide bonds. The molecular weight excluding hydrogens is 468 g/mol. The fourth-order valence-corrected chi connectivity index (χ4v) is 3.17. The van der Waals surface area contributed by atoms with Gasteiger partial charge in [0.25, 0.3) is 0 Å². The lowest BCUT2D eigenvalue weighted by Gasteiger charge is -2.25. The lowest BCUT2D eigenvalue weighted by Crippen LogP contribution is -2.48. The molecule has 1 aromatic rings. The summed E-state index contributed by atoms with van der Waals surface area (Å²) >= 11 is 0. The van der Waals surface area contributed by atoms with Crippen LogP contribution in [0.1, 0.15) is 59.9 Å². The zero-order valence-electron chi connectivity index (χ0n) is 22.1. The predicted octanol–water partition coefficient (Wildman–Crippen LogP) is 2.92. The fraction of sp³-hybridized carbons (Fsp3) is 0.577. The maximum atomic E-state index is 13.0. The molecule has 200 valence electrons. The Balaban J connectivity index is 2.83. The van der Waals surface area contributed by atoms with Gasteiger partial charge in [0.15, 0.2) is 5.78 Å². The number of benzene rings is 1. The summed E-state index contributed by atoms with van der Waals surface area (Å²) in [5, 5.41) is 4.99. The lowest BCUT2D eigenvalue weighted by molar-refractivity contribution is -0.149. The van der Waals surface area contributed by atoms with E-state index in [1.165, 1.54) is 14.0 Å². The number of esters is 2. The Labute approximate surface area is 212 Å². The largest absolute Gasteiger partial charge is 0.469 e. The number of alkyl carbamates (subject to hydrolysis) is 1. The topological polar surface area (TPSA) is 137 Å². The number of methoxy groups -OCH3 is 1. The van der Waals surface area contributed by atoms with Crippen LogP contribution in [0, 0.1) is 11.8 Å². The Hall–Kier alpha value is -3.43. The number of carbonyl (C=O) groups excluding carboxylic acids is 5. The van der Waals surface area contributed by atoms with E-state index in [9.17, 15) is 24.0 Å². The minimum atomic E-state index is -1.24. The van der Waals surface area contributed by atoms with Gasteiger partial charge < -0.3 is 24.8 Å². The van der Waals surface area contributed by atoms with Gasteiger partial charge in [-0.2, -0.15) is 0 Å². The van der Waals surface area contributed by atoms with Gasteiger partial charge in [-0.25, -0.2) is 9.59 Å². The normalized spacial score (nSPS) is 13.7. The van der Waals surface area contributed by atoms with Crippen molar-refractivity contribution in [3.63, 3.8) is 0 Å². The van der Waals surface area contributed by atoms with Crippen LogP contribution in [0.2, 0.25) is 0 Å². The van der Waals surface area contributed by atoms with Gasteiger partial charge in [0.2, 0.25) is 5.91 Å². The molecule has 0 spiro atoms. The maximum absolute atomic E-state index is 13.0. The molecular formula is C26H38N2O8. The zero-order chi connectivity index (χ0) is 27.5. The first kappa shape index (κ1) is 30.6. The van der Waals surface area contributed by atoms with Crippen LogP contribution in [0.15, 0.2) is 30.3 Å². The molecule has 0 unspecified atom stereocenters. The second kappa shape index (κ2) is 14.2. The van der Waals surface area contributed by atoms with E-state index in [1.807, 2.05) is 30.3 Å². The number of hydrogen-bond donors (Lipinski definition) is 2. The van der Waals surface area contributed by atoms with Crippen LogP contribution < -0.4 is 10.6 Å². The number of rotatable bonds is 12. The molecule has 0 aromatic heterocycles. The highest BCUT2D eigenvalue weighted by molar-refractivity contribution is 5.94. The molecule has 0 aliphatic rings. The van der Waals surface area contributed by atoms with Crippen molar-refractivity contribution in [3.8, 4) is 0 Å². The zero-order valence-corrected chi connectivity index (χ0v) is 22.1. The molecule has 2 N–H and O–H groups in total. The Morgan fingerprint density at radius 2 is 1.53 bits per heavy atom. The van der Waals surface area contributed by atoms with Crippen LogP contribution in [-0.2, 0) is 40.0 Å². The number of ether oxygens (including phenoxy) is 3. The molecule has 0 bridgehead atoms. The van der Waals surface area contributed by atoms with Crippen molar-refractivity contribution in [2.75, 3.05) is 7.11 Å². The lowest BCUT2D eigenvalue weighted by atomic mass is 9.87. The quantitative estimate of drug-likeness (QED) is 0.326. The minimum absolute atomic E-state index is 0.0670. The average molecular weight is 507 g/mol. The molecule has 0 aliphatic heterocycles. The van der Waals surface area contributed by atoms with Crippen LogP contribution in [-0.4, -0.2) is 54.5 Å². The van der Waals surface area contributed by atoms with E-state index < -0.39 is 59.7 Å². The molecule has 0 saturated carbocycles. The molecule has 0 fully saturated rings. The number of nitrogens with one attached hydrogen (secondary N) is 2. The third-order valence-corrected chi connectivity index (χ3v) is 5.18. The third kappa shape index (κ3) is 11.3. The Morgan fingerprint density at radius 1 is 0.917 bits per heavy atom. The highest BCUT2D eigenvalue weighted by Crippen LogP contribution is 2.19. The van der Waals surface area contributed by atoms with E-state index >= 15 is 0 Å². The van der Waals surface area contributed by atoms with Crippen molar-refractivity contribution in [3.05, 3.63) is 35.9 Å². The first-order valence-electron chi connectivity index (χ1n) is 11.8. The molecule has 0 saturated heterocycles. The Kier molecular flexibility index (Phi) is 12.1. The van der Waals surface area contributed by atoms with Gasteiger partial charge in [0.05, 0.1) is 13.5 Å². The van der Waals surface area contributed by atoms with Crippen molar-refractivity contribution >= 4 is 29.7 Å². The van der Waals surface area contributed by atoms with Gasteiger partial charge in [0, 0.05) is 12.3 Å². The Morgan fingerprint density at radius 3 is 2.06 bits per heavy atom. The number of hydrogen-bond acceptors (Lipinski definition) is 8. The molecule has 10 nitrogen and oxygen atoms in total. The van der Waals surface area contributed by atoms with Crippen molar-refractivity contribution in [1.29, 1.82) is 0 Å². The van der Waals surface area contributed by atoms with Gasteiger partial charge >= 0.3 is 18.0 Å². The molecule has 1 aromatic carbocycles. The van der Waals surface area contributed by atoms with E-state index in [4.69, 9.17) is 9.47 Å². The number of Topliss-reactive ketones (excluding diaryl/α,β-unsaturated/α-hetero) is 1.